The molecule has 0 aliphatic carbocycles. The minimum absolute atomic E-state index is 0.297. The first-order chi connectivity index (χ1) is 8.58. The van der Waals surface area contributed by atoms with Gasteiger partial charge >= 0.3 is 0 Å². The van der Waals surface area contributed by atoms with Gasteiger partial charge in [0.25, 0.3) is 0 Å². The number of hydrogen-bond acceptors (Lipinski definition) is 3. The highest BCUT2D eigenvalue weighted by atomic mass is 15.3. The summed E-state index contributed by atoms with van der Waals surface area (Å²) < 4.78 is 0. The van der Waals surface area contributed by atoms with E-state index in [1.54, 1.807) is 0 Å². The van der Waals surface area contributed by atoms with Crippen molar-refractivity contribution >= 4 is 5.69 Å². The van der Waals surface area contributed by atoms with Gasteiger partial charge in [-0.05, 0) is 33.0 Å². The Kier molecular flexibility index (Phi) is 4.25. The van der Waals surface area contributed by atoms with Gasteiger partial charge in [-0.2, -0.15) is 0 Å². The van der Waals surface area contributed by atoms with Crippen LogP contribution in [0.5, 0.6) is 0 Å². The fourth-order valence-corrected chi connectivity index (χ4v) is 2.45. The largest absolute Gasteiger partial charge is 0.384 e. The van der Waals surface area contributed by atoms with Crippen molar-refractivity contribution in [3.8, 4) is 0 Å². The van der Waals surface area contributed by atoms with Crippen molar-refractivity contribution < 1.29 is 0 Å². The molecule has 0 unspecified atom stereocenters. The number of likely N-dealkylation sites (N-methyl/N-ethyl adjacent to an activating group) is 1. The minimum atomic E-state index is 0.297. The molecular weight excluding hydrogens is 222 g/mol. The molecule has 1 N–H and O–H groups in total. The molecular formula is C15H25N3. The molecule has 0 bridgehead atoms. The minimum Gasteiger partial charge on any atom is -0.384 e. The average Bonchev–Trinajstić information content (AvgIpc) is 2.35. The van der Waals surface area contributed by atoms with Crippen molar-refractivity contribution in [2.75, 3.05) is 45.1 Å². The first kappa shape index (κ1) is 13.4. The third-order valence-electron chi connectivity index (χ3n) is 3.93. The summed E-state index contributed by atoms with van der Waals surface area (Å²) in [5, 5.41) is 3.48. The first-order valence-electron chi connectivity index (χ1n) is 6.80. The third kappa shape index (κ3) is 3.47. The number of nitrogens with one attached hydrogen (secondary N) is 1. The van der Waals surface area contributed by atoms with Gasteiger partial charge in [0.15, 0.2) is 0 Å². The van der Waals surface area contributed by atoms with Crippen molar-refractivity contribution in [3.63, 3.8) is 0 Å². The first-order valence-corrected chi connectivity index (χ1v) is 6.80. The molecule has 1 aliphatic heterocycles. The number of benzene rings is 1. The van der Waals surface area contributed by atoms with Crippen LogP contribution in [0.1, 0.15) is 13.8 Å². The maximum atomic E-state index is 3.48. The van der Waals surface area contributed by atoms with Gasteiger partial charge in [0.2, 0.25) is 0 Å². The molecule has 1 aliphatic rings. The topological polar surface area (TPSA) is 18.5 Å². The van der Waals surface area contributed by atoms with E-state index in [-0.39, 0.29) is 0 Å². The predicted octanol–water partition coefficient (Wildman–Crippen LogP) is 2.12. The lowest BCUT2D eigenvalue weighted by molar-refractivity contribution is 0.0423. The van der Waals surface area contributed by atoms with Gasteiger partial charge in [-0.25, -0.2) is 0 Å². The van der Waals surface area contributed by atoms with Crippen molar-refractivity contribution in [1.29, 1.82) is 0 Å². The third-order valence-corrected chi connectivity index (χ3v) is 3.93. The zero-order chi connectivity index (χ0) is 13.0. The van der Waals surface area contributed by atoms with Crippen LogP contribution < -0.4 is 5.32 Å². The SMILES string of the molecule is CN1CCN(CCNc2ccccc2)CC1(C)C. The predicted molar refractivity (Wildman–Crippen MR) is 78.1 cm³/mol. The van der Waals surface area contributed by atoms with Gasteiger partial charge in [-0.15, -0.1) is 0 Å². The number of para-hydroxylation sites is 1. The second-order valence-corrected chi connectivity index (χ2v) is 5.80. The normalized spacial score (nSPS) is 20.8. The molecule has 1 heterocycles. The standard InChI is InChI=1S/C15H25N3/c1-15(2)13-18(12-11-17(15)3)10-9-16-14-7-5-4-6-8-14/h4-8,16H,9-13H2,1-3H3. The zero-order valence-electron chi connectivity index (χ0n) is 11.8. The van der Waals surface area contributed by atoms with Crippen LogP contribution in [0.15, 0.2) is 30.3 Å². The van der Waals surface area contributed by atoms with E-state index in [0.717, 1.165) is 19.6 Å². The van der Waals surface area contributed by atoms with Crippen LogP contribution in [0, 0.1) is 0 Å². The Labute approximate surface area is 111 Å². The molecule has 1 fully saturated rings. The van der Waals surface area contributed by atoms with Crippen molar-refractivity contribution in [2.45, 2.75) is 19.4 Å². The highest BCUT2D eigenvalue weighted by Crippen LogP contribution is 2.18. The Morgan fingerprint density at radius 2 is 1.89 bits per heavy atom. The quantitative estimate of drug-likeness (QED) is 0.879. The molecule has 0 radical (unpaired) electrons. The van der Waals surface area contributed by atoms with Crippen LogP contribution in [0.4, 0.5) is 5.69 Å². The number of piperazine rings is 1. The maximum absolute atomic E-state index is 3.48. The second-order valence-electron chi connectivity index (χ2n) is 5.80. The van der Waals surface area contributed by atoms with E-state index in [1.807, 2.05) is 6.07 Å². The molecule has 2 rings (SSSR count). The fraction of sp³-hybridized carbons (Fsp3) is 0.600. The van der Waals surface area contributed by atoms with E-state index in [1.165, 1.54) is 18.8 Å². The van der Waals surface area contributed by atoms with Gasteiger partial charge in [-0.1, -0.05) is 18.2 Å². The summed E-state index contributed by atoms with van der Waals surface area (Å²) in [4.78, 5) is 5.00. The Morgan fingerprint density at radius 3 is 2.56 bits per heavy atom. The maximum Gasteiger partial charge on any atom is 0.0340 e. The lowest BCUT2D eigenvalue weighted by Crippen LogP contribution is -2.58. The van der Waals surface area contributed by atoms with E-state index >= 15 is 0 Å². The molecule has 100 valence electrons. The molecule has 3 heteroatoms. The molecule has 1 aromatic carbocycles. The van der Waals surface area contributed by atoms with Crippen LogP contribution in [-0.2, 0) is 0 Å². The van der Waals surface area contributed by atoms with Crippen molar-refractivity contribution in [1.82, 2.24) is 9.80 Å². The van der Waals surface area contributed by atoms with Crippen LogP contribution in [0.25, 0.3) is 0 Å². The van der Waals surface area contributed by atoms with Crippen LogP contribution in [-0.4, -0.2) is 55.1 Å². The summed E-state index contributed by atoms with van der Waals surface area (Å²) >= 11 is 0. The smallest absolute Gasteiger partial charge is 0.0340 e. The molecule has 0 amide bonds. The van der Waals surface area contributed by atoms with E-state index in [9.17, 15) is 0 Å². The molecule has 0 saturated carbocycles. The summed E-state index contributed by atoms with van der Waals surface area (Å²) in [5.74, 6) is 0. The second kappa shape index (κ2) is 5.72. The van der Waals surface area contributed by atoms with E-state index < -0.39 is 0 Å². The molecule has 18 heavy (non-hydrogen) atoms. The monoisotopic (exact) mass is 247 g/mol. The lowest BCUT2D eigenvalue weighted by atomic mass is 10.00. The molecule has 0 atom stereocenters. The molecule has 1 aromatic rings. The van der Waals surface area contributed by atoms with E-state index in [2.05, 4.69) is 60.3 Å². The van der Waals surface area contributed by atoms with Crippen LogP contribution in [0.3, 0.4) is 0 Å². The van der Waals surface area contributed by atoms with Gasteiger partial charge in [-0.3, -0.25) is 9.80 Å². The van der Waals surface area contributed by atoms with Gasteiger partial charge in [0.05, 0.1) is 0 Å². The van der Waals surface area contributed by atoms with Crippen molar-refractivity contribution in [3.05, 3.63) is 30.3 Å². The van der Waals surface area contributed by atoms with E-state index in [0.29, 0.717) is 5.54 Å². The Balaban J connectivity index is 1.75. The summed E-state index contributed by atoms with van der Waals surface area (Å²) in [6.45, 7) is 10.3. The summed E-state index contributed by atoms with van der Waals surface area (Å²) in [6, 6.07) is 10.4. The Morgan fingerprint density at radius 1 is 1.17 bits per heavy atom. The van der Waals surface area contributed by atoms with Gasteiger partial charge < -0.3 is 5.32 Å². The lowest BCUT2D eigenvalue weighted by Gasteiger charge is -2.45. The Bertz CT molecular complexity index is 361. The average molecular weight is 247 g/mol. The molecule has 3 nitrogen and oxygen atoms in total. The number of rotatable bonds is 4. The molecule has 0 aromatic heterocycles. The van der Waals surface area contributed by atoms with E-state index in [4.69, 9.17) is 0 Å². The number of nitrogens with zero attached hydrogens (tertiary/aromatic N) is 2. The molecule has 1 saturated heterocycles. The van der Waals surface area contributed by atoms with Crippen LogP contribution >= 0.6 is 0 Å². The van der Waals surface area contributed by atoms with Crippen LogP contribution in [0.2, 0.25) is 0 Å². The molecule has 0 spiro atoms. The number of anilines is 1. The number of hydrogen-bond donors (Lipinski definition) is 1. The fourth-order valence-electron chi connectivity index (χ4n) is 2.45. The van der Waals surface area contributed by atoms with Crippen molar-refractivity contribution in [2.24, 2.45) is 0 Å². The van der Waals surface area contributed by atoms with Gasteiger partial charge in [0.1, 0.15) is 0 Å². The highest BCUT2D eigenvalue weighted by Gasteiger charge is 2.30. The zero-order valence-corrected chi connectivity index (χ0v) is 11.8. The summed E-state index contributed by atoms with van der Waals surface area (Å²) in [5.41, 5.74) is 1.51. The van der Waals surface area contributed by atoms with Gasteiger partial charge in [0, 0.05) is 44.0 Å². The summed E-state index contributed by atoms with van der Waals surface area (Å²) in [7, 11) is 2.22. The highest BCUT2D eigenvalue weighted by molar-refractivity contribution is 5.42. The summed E-state index contributed by atoms with van der Waals surface area (Å²) in [6.07, 6.45) is 0. The Hall–Kier alpha value is -1.06.